The molecule has 102 valence electrons. The van der Waals surface area contributed by atoms with E-state index in [2.05, 4.69) is 15.4 Å². The number of nitrogens with zero attached hydrogens (tertiary/aromatic N) is 2. The molecule has 0 atom stereocenters. The lowest BCUT2D eigenvalue weighted by Gasteiger charge is -2.05. The summed E-state index contributed by atoms with van der Waals surface area (Å²) < 4.78 is 26.3. The molecular weight excluding hydrogens is 282 g/mol. The highest BCUT2D eigenvalue weighted by Crippen LogP contribution is 2.25. The molecule has 0 radical (unpaired) electrons. The van der Waals surface area contributed by atoms with Crippen LogP contribution in [0.3, 0.4) is 0 Å². The molecule has 4 nitrogen and oxygen atoms in total. The van der Waals surface area contributed by atoms with Crippen molar-refractivity contribution in [1.29, 1.82) is 0 Å². The van der Waals surface area contributed by atoms with Gasteiger partial charge in [-0.2, -0.15) is 0 Å². The van der Waals surface area contributed by atoms with Gasteiger partial charge in [0, 0.05) is 12.5 Å². The molecule has 20 heavy (non-hydrogen) atoms. The first kappa shape index (κ1) is 12.9. The van der Waals surface area contributed by atoms with E-state index >= 15 is 0 Å². The van der Waals surface area contributed by atoms with Crippen LogP contribution in [0.25, 0.3) is 10.2 Å². The summed E-state index contributed by atoms with van der Waals surface area (Å²) in [7, 11) is 0. The van der Waals surface area contributed by atoms with Gasteiger partial charge in [0.05, 0.1) is 5.39 Å². The van der Waals surface area contributed by atoms with Gasteiger partial charge in [0.1, 0.15) is 22.3 Å². The number of anilines is 1. The number of nitrogens with one attached hydrogen (secondary N) is 1. The Bertz CT molecular complexity index is 752. The Morgan fingerprint density at radius 2 is 1.90 bits per heavy atom. The molecular formula is C13H10F2N4S. The van der Waals surface area contributed by atoms with Crippen LogP contribution in [0, 0.1) is 11.6 Å². The molecule has 2 heterocycles. The van der Waals surface area contributed by atoms with Gasteiger partial charge < -0.3 is 5.43 Å². The molecule has 0 unspecified atom stereocenters. The molecule has 3 N–H and O–H groups in total. The fourth-order valence-electron chi connectivity index (χ4n) is 1.98. The minimum atomic E-state index is -0.616. The molecule has 2 aromatic heterocycles. The minimum absolute atomic E-state index is 0.233. The number of fused-ring (bicyclic) bond motifs is 1. The van der Waals surface area contributed by atoms with Crippen molar-refractivity contribution in [2.75, 3.05) is 5.43 Å². The van der Waals surface area contributed by atoms with E-state index < -0.39 is 11.6 Å². The fourth-order valence-corrected chi connectivity index (χ4v) is 2.77. The van der Waals surface area contributed by atoms with Crippen LogP contribution in [0.15, 0.2) is 29.6 Å². The summed E-state index contributed by atoms with van der Waals surface area (Å²) in [6.07, 6.45) is 0.233. The smallest absolute Gasteiger partial charge is 0.152 e. The maximum Gasteiger partial charge on any atom is 0.152 e. The zero-order valence-electron chi connectivity index (χ0n) is 10.2. The van der Waals surface area contributed by atoms with Gasteiger partial charge in [0.15, 0.2) is 5.82 Å². The second kappa shape index (κ2) is 5.10. The van der Waals surface area contributed by atoms with Crippen LogP contribution in [-0.2, 0) is 6.42 Å². The van der Waals surface area contributed by atoms with Gasteiger partial charge in [-0.25, -0.2) is 24.6 Å². The van der Waals surface area contributed by atoms with Gasteiger partial charge >= 0.3 is 0 Å². The van der Waals surface area contributed by atoms with Crippen LogP contribution in [0.5, 0.6) is 0 Å². The van der Waals surface area contributed by atoms with Crippen LogP contribution in [0.2, 0.25) is 0 Å². The van der Waals surface area contributed by atoms with Gasteiger partial charge in [-0.1, -0.05) is 0 Å². The fraction of sp³-hybridized carbons (Fsp3) is 0.0769. The average molecular weight is 292 g/mol. The summed E-state index contributed by atoms with van der Waals surface area (Å²) in [5.74, 6) is 5.16. The van der Waals surface area contributed by atoms with Crippen LogP contribution >= 0.6 is 11.3 Å². The van der Waals surface area contributed by atoms with Crippen LogP contribution < -0.4 is 11.3 Å². The van der Waals surface area contributed by atoms with E-state index in [1.807, 2.05) is 11.4 Å². The summed E-state index contributed by atoms with van der Waals surface area (Å²) in [5, 5.41) is 2.71. The molecule has 0 aliphatic carbocycles. The standard InChI is InChI=1S/C13H10F2N4S/c14-8-3-7(4-9(15)6-8)5-11-17-12(19-16)10-1-2-20-13(10)18-11/h1-4,6H,5,16H2,(H,17,18,19). The second-order valence-electron chi connectivity index (χ2n) is 4.23. The lowest BCUT2D eigenvalue weighted by atomic mass is 10.1. The van der Waals surface area contributed by atoms with Gasteiger partial charge in [0.25, 0.3) is 0 Å². The van der Waals surface area contributed by atoms with E-state index in [9.17, 15) is 8.78 Å². The van der Waals surface area contributed by atoms with Crippen molar-refractivity contribution in [1.82, 2.24) is 9.97 Å². The van der Waals surface area contributed by atoms with Crippen LogP contribution in [0.4, 0.5) is 14.6 Å². The lowest BCUT2D eigenvalue weighted by Crippen LogP contribution is -2.11. The van der Waals surface area contributed by atoms with Crippen molar-refractivity contribution in [2.24, 2.45) is 5.84 Å². The number of aromatic nitrogens is 2. The summed E-state index contributed by atoms with van der Waals surface area (Å²) in [4.78, 5) is 9.40. The number of hydrogen-bond acceptors (Lipinski definition) is 5. The second-order valence-corrected chi connectivity index (χ2v) is 5.12. The van der Waals surface area contributed by atoms with Crippen LogP contribution in [-0.4, -0.2) is 9.97 Å². The molecule has 0 saturated heterocycles. The van der Waals surface area contributed by atoms with Crippen molar-refractivity contribution in [3.8, 4) is 0 Å². The highest BCUT2D eigenvalue weighted by atomic mass is 32.1. The normalized spacial score (nSPS) is 10.9. The van der Waals surface area contributed by atoms with E-state index in [4.69, 9.17) is 5.84 Å². The summed E-state index contributed by atoms with van der Waals surface area (Å²) in [6, 6.07) is 5.22. The van der Waals surface area contributed by atoms with Crippen molar-refractivity contribution >= 4 is 27.4 Å². The predicted octanol–water partition coefficient (Wildman–Crippen LogP) is 2.85. The molecule has 0 bridgehead atoms. The highest BCUT2D eigenvalue weighted by Gasteiger charge is 2.09. The molecule has 0 aliphatic rings. The van der Waals surface area contributed by atoms with Gasteiger partial charge in [-0.3, -0.25) is 0 Å². The first-order valence-electron chi connectivity index (χ1n) is 5.81. The molecule has 3 aromatic rings. The summed E-state index contributed by atoms with van der Waals surface area (Å²) >= 11 is 1.45. The predicted molar refractivity (Wildman–Crippen MR) is 74.4 cm³/mol. The van der Waals surface area contributed by atoms with E-state index in [0.29, 0.717) is 17.2 Å². The number of nitrogens with two attached hydrogens (primary N) is 1. The zero-order chi connectivity index (χ0) is 14.1. The molecule has 0 spiro atoms. The van der Waals surface area contributed by atoms with E-state index in [1.54, 1.807) is 0 Å². The molecule has 7 heteroatoms. The Morgan fingerprint density at radius 3 is 2.60 bits per heavy atom. The lowest BCUT2D eigenvalue weighted by molar-refractivity contribution is 0.580. The quantitative estimate of drug-likeness (QED) is 0.575. The van der Waals surface area contributed by atoms with E-state index in [1.165, 1.54) is 23.5 Å². The Hall–Kier alpha value is -2.12. The number of halogens is 2. The maximum absolute atomic E-state index is 13.2. The van der Waals surface area contributed by atoms with Crippen molar-refractivity contribution in [3.63, 3.8) is 0 Å². The van der Waals surface area contributed by atoms with Crippen molar-refractivity contribution in [2.45, 2.75) is 6.42 Å². The Labute approximate surface area is 117 Å². The Morgan fingerprint density at radius 1 is 1.15 bits per heavy atom. The SMILES string of the molecule is NNc1nc(Cc2cc(F)cc(F)c2)nc2sccc12. The maximum atomic E-state index is 13.2. The number of thiophene rings is 1. The number of benzene rings is 1. The van der Waals surface area contributed by atoms with E-state index in [-0.39, 0.29) is 6.42 Å². The third kappa shape index (κ3) is 2.45. The molecule has 0 amide bonds. The van der Waals surface area contributed by atoms with Crippen molar-refractivity contribution in [3.05, 3.63) is 52.7 Å². The average Bonchev–Trinajstić information content (AvgIpc) is 2.84. The first-order valence-corrected chi connectivity index (χ1v) is 6.69. The van der Waals surface area contributed by atoms with E-state index in [0.717, 1.165) is 16.3 Å². The van der Waals surface area contributed by atoms with Gasteiger partial charge in [-0.15, -0.1) is 11.3 Å². The van der Waals surface area contributed by atoms with Crippen molar-refractivity contribution < 1.29 is 8.78 Å². The minimum Gasteiger partial charge on any atom is -0.308 e. The molecule has 0 aliphatic heterocycles. The molecule has 0 saturated carbocycles. The van der Waals surface area contributed by atoms with Crippen LogP contribution in [0.1, 0.15) is 11.4 Å². The monoisotopic (exact) mass is 292 g/mol. The van der Waals surface area contributed by atoms with Gasteiger partial charge in [0.2, 0.25) is 0 Å². The third-order valence-corrected chi connectivity index (χ3v) is 3.60. The Kier molecular flexibility index (Phi) is 3.29. The Balaban J connectivity index is 2.01. The van der Waals surface area contributed by atoms with Gasteiger partial charge in [-0.05, 0) is 29.1 Å². The number of hydrazine groups is 1. The summed E-state index contributed by atoms with van der Waals surface area (Å²) in [6.45, 7) is 0. The topological polar surface area (TPSA) is 63.8 Å². The number of rotatable bonds is 3. The molecule has 1 aromatic carbocycles. The third-order valence-electron chi connectivity index (χ3n) is 2.79. The molecule has 0 fully saturated rings. The highest BCUT2D eigenvalue weighted by molar-refractivity contribution is 7.16. The zero-order valence-corrected chi connectivity index (χ0v) is 11.0. The number of nitrogen functional groups attached to an aromatic ring is 1. The summed E-state index contributed by atoms with van der Waals surface area (Å²) in [5.41, 5.74) is 2.99. The number of hydrogen-bond donors (Lipinski definition) is 2. The molecule has 3 rings (SSSR count). The first-order chi connectivity index (χ1) is 9.65. The largest absolute Gasteiger partial charge is 0.308 e.